The Kier molecular flexibility index (Phi) is 5.78. The highest BCUT2D eigenvalue weighted by atomic mass is 16.5. The summed E-state index contributed by atoms with van der Waals surface area (Å²) in [5.41, 5.74) is 1.43. The third kappa shape index (κ3) is 4.69. The van der Waals surface area contributed by atoms with E-state index in [1.54, 1.807) is 0 Å². The lowest BCUT2D eigenvalue weighted by atomic mass is 9.87. The Bertz CT molecular complexity index is 631. The number of piperidine rings is 1. The van der Waals surface area contributed by atoms with E-state index in [1.165, 1.54) is 12.0 Å². The number of benzene rings is 1. The first kappa shape index (κ1) is 18.9. The van der Waals surface area contributed by atoms with Gasteiger partial charge in [0.1, 0.15) is 0 Å². The number of nitrogens with zero attached hydrogens (tertiary/aromatic N) is 1. The predicted octanol–water partition coefficient (Wildman–Crippen LogP) is 0.864. The number of amides is 1. The van der Waals surface area contributed by atoms with Crippen LogP contribution in [0, 0.1) is 0 Å². The van der Waals surface area contributed by atoms with E-state index in [2.05, 4.69) is 45.9 Å². The second kappa shape index (κ2) is 8.27. The van der Waals surface area contributed by atoms with E-state index in [4.69, 9.17) is 9.84 Å². The highest BCUT2D eigenvalue weighted by Crippen LogP contribution is 2.43. The van der Waals surface area contributed by atoms with Crippen molar-refractivity contribution in [2.24, 2.45) is 0 Å². The van der Waals surface area contributed by atoms with Crippen molar-refractivity contribution >= 4 is 5.91 Å². The summed E-state index contributed by atoms with van der Waals surface area (Å²) in [6.07, 6.45) is 4.29. The predicted molar refractivity (Wildman–Crippen MR) is 104 cm³/mol. The van der Waals surface area contributed by atoms with Crippen molar-refractivity contribution in [1.29, 1.82) is 0 Å². The number of rotatable bonds is 7. The lowest BCUT2D eigenvalue weighted by Crippen LogP contribution is -2.48. The second-order valence-electron chi connectivity index (χ2n) is 8.27. The van der Waals surface area contributed by atoms with Crippen LogP contribution >= 0.6 is 0 Å². The molecule has 0 radical (unpaired) electrons. The number of aliphatic hydroxyl groups is 1. The molecule has 0 bridgehead atoms. The van der Waals surface area contributed by atoms with Gasteiger partial charge in [-0.2, -0.15) is 0 Å². The molecule has 1 aliphatic carbocycles. The van der Waals surface area contributed by atoms with Gasteiger partial charge < -0.3 is 20.5 Å². The van der Waals surface area contributed by atoms with Crippen LogP contribution in [0.5, 0.6) is 0 Å². The fourth-order valence-corrected chi connectivity index (χ4v) is 4.62. The van der Waals surface area contributed by atoms with Crippen LogP contribution in [0.3, 0.4) is 0 Å². The molecule has 27 heavy (non-hydrogen) atoms. The molecule has 2 aliphatic heterocycles. The van der Waals surface area contributed by atoms with Gasteiger partial charge in [-0.1, -0.05) is 30.3 Å². The minimum Gasteiger partial charge on any atom is -0.395 e. The molecule has 0 aromatic heterocycles. The highest BCUT2D eigenvalue weighted by molar-refractivity contribution is 5.78. The molecule has 1 spiro atoms. The molecule has 3 N–H and O–H groups in total. The monoisotopic (exact) mass is 373 g/mol. The summed E-state index contributed by atoms with van der Waals surface area (Å²) in [5.74, 6) is 0.648. The third-order valence-electron chi connectivity index (χ3n) is 6.25. The van der Waals surface area contributed by atoms with Gasteiger partial charge in [0, 0.05) is 37.6 Å². The molecule has 3 aliphatic rings. The first-order valence-corrected chi connectivity index (χ1v) is 10.2. The Hall–Kier alpha value is -1.47. The lowest BCUT2D eigenvalue weighted by molar-refractivity contribution is -0.123. The standard InChI is InChI=1S/C21H31N3O3/c25-11-8-22-20(26)14-24-9-6-21(7-10-24)13-17(15-27-21)23-19-12-18(19)16-4-2-1-3-5-16/h1-5,17-19,23,25H,6-15H2,(H,22,26)/t17?,18-,19+/m0/s1. The number of hydrogen-bond acceptors (Lipinski definition) is 5. The van der Waals surface area contributed by atoms with Crippen molar-refractivity contribution < 1.29 is 14.6 Å². The van der Waals surface area contributed by atoms with E-state index in [0.29, 0.717) is 31.1 Å². The molecule has 3 fully saturated rings. The van der Waals surface area contributed by atoms with Crippen molar-refractivity contribution in [3.63, 3.8) is 0 Å². The molecule has 1 saturated carbocycles. The zero-order valence-corrected chi connectivity index (χ0v) is 15.9. The average molecular weight is 373 g/mol. The van der Waals surface area contributed by atoms with E-state index in [1.807, 2.05) is 0 Å². The van der Waals surface area contributed by atoms with E-state index >= 15 is 0 Å². The first-order valence-electron chi connectivity index (χ1n) is 10.2. The van der Waals surface area contributed by atoms with Crippen LogP contribution in [-0.2, 0) is 9.53 Å². The van der Waals surface area contributed by atoms with Crippen molar-refractivity contribution in [2.75, 3.05) is 39.4 Å². The number of likely N-dealkylation sites (tertiary alicyclic amines) is 1. The van der Waals surface area contributed by atoms with Crippen LogP contribution in [0.2, 0.25) is 0 Å². The van der Waals surface area contributed by atoms with Gasteiger partial charge in [-0.05, 0) is 31.2 Å². The summed E-state index contributed by atoms with van der Waals surface area (Å²) in [5, 5.41) is 15.3. The van der Waals surface area contributed by atoms with Crippen molar-refractivity contribution in [3.05, 3.63) is 35.9 Å². The van der Waals surface area contributed by atoms with Crippen LogP contribution in [0.15, 0.2) is 30.3 Å². The Morgan fingerprint density at radius 1 is 1.26 bits per heavy atom. The van der Waals surface area contributed by atoms with Gasteiger partial charge in [-0.15, -0.1) is 0 Å². The molecule has 6 nitrogen and oxygen atoms in total. The van der Waals surface area contributed by atoms with E-state index in [9.17, 15) is 4.79 Å². The van der Waals surface area contributed by atoms with Crippen LogP contribution < -0.4 is 10.6 Å². The molecular weight excluding hydrogens is 342 g/mol. The van der Waals surface area contributed by atoms with Crippen LogP contribution in [0.25, 0.3) is 0 Å². The van der Waals surface area contributed by atoms with Gasteiger partial charge in [0.2, 0.25) is 5.91 Å². The maximum Gasteiger partial charge on any atom is 0.234 e. The maximum atomic E-state index is 11.8. The lowest BCUT2D eigenvalue weighted by Gasteiger charge is -2.38. The van der Waals surface area contributed by atoms with Crippen molar-refractivity contribution in [2.45, 2.75) is 49.3 Å². The third-order valence-corrected chi connectivity index (χ3v) is 6.25. The number of hydrogen-bond donors (Lipinski definition) is 3. The molecule has 2 saturated heterocycles. The van der Waals surface area contributed by atoms with E-state index in [-0.39, 0.29) is 18.1 Å². The van der Waals surface area contributed by atoms with Gasteiger partial charge in [0.25, 0.3) is 0 Å². The SMILES string of the molecule is O=C(CN1CCC2(CC1)CC(N[C@@H]1C[C@H]1c1ccccc1)CO2)NCCO. The van der Waals surface area contributed by atoms with Gasteiger partial charge in [0.05, 0.1) is 25.4 Å². The van der Waals surface area contributed by atoms with Gasteiger partial charge in [0.15, 0.2) is 0 Å². The Morgan fingerprint density at radius 2 is 2.04 bits per heavy atom. The molecule has 6 heteroatoms. The maximum absolute atomic E-state index is 11.8. The molecule has 2 heterocycles. The Labute approximate surface area is 161 Å². The minimum atomic E-state index is -0.0107. The first-order chi connectivity index (χ1) is 13.2. The Balaban J connectivity index is 1.20. The van der Waals surface area contributed by atoms with Gasteiger partial charge in [-0.3, -0.25) is 9.69 Å². The molecule has 1 aromatic carbocycles. The second-order valence-corrected chi connectivity index (χ2v) is 8.27. The van der Waals surface area contributed by atoms with E-state index in [0.717, 1.165) is 39.0 Å². The topological polar surface area (TPSA) is 73.8 Å². The molecule has 4 rings (SSSR count). The molecule has 1 unspecified atom stereocenters. The molecule has 148 valence electrons. The molecular formula is C21H31N3O3. The fraction of sp³-hybridized carbons (Fsp3) is 0.667. The fourth-order valence-electron chi connectivity index (χ4n) is 4.62. The van der Waals surface area contributed by atoms with Gasteiger partial charge >= 0.3 is 0 Å². The average Bonchev–Trinajstić information content (AvgIpc) is 3.35. The summed E-state index contributed by atoms with van der Waals surface area (Å²) in [4.78, 5) is 14.0. The number of carbonyl (C=O) groups excluding carboxylic acids is 1. The van der Waals surface area contributed by atoms with Crippen molar-refractivity contribution in [3.8, 4) is 0 Å². The normalized spacial score (nSPS) is 29.7. The van der Waals surface area contributed by atoms with Gasteiger partial charge in [-0.25, -0.2) is 0 Å². The minimum absolute atomic E-state index is 0.00688. The largest absolute Gasteiger partial charge is 0.395 e. The van der Waals surface area contributed by atoms with Crippen molar-refractivity contribution in [1.82, 2.24) is 15.5 Å². The highest BCUT2D eigenvalue weighted by Gasteiger charge is 2.46. The zero-order chi connectivity index (χ0) is 18.7. The summed E-state index contributed by atoms with van der Waals surface area (Å²) in [7, 11) is 0. The quantitative estimate of drug-likeness (QED) is 0.661. The summed E-state index contributed by atoms with van der Waals surface area (Å²) >= 11 is 0. The Morgan fingerprint density at radius 3 is 2.78 bits per heavy atom. The van der Waals surface area contributed by atoms with Crippen LogP contribution in [0.1, 0.15) is 37.2 Å². The number of carbonyl (C=O) groups is 1. The number of ether oxygens (including phenoxy) is 1. The van der Waals surface area contributed by atoms with Crippen LogP contribution in [0.4, 0.5) is 0 Å². The summed E-state index contributed by atoms with van der Waals surface area (Å²) in [6.45, 7) is 3.33. The molecule has 1 aromatic rings. The number of aliphatic hydroxyl groups excluding tert-OH is 1. The van der Waals surface area contributed by atoms with E-state index < -0.39 is 0 Å². The number of nitrogens with one attached hydrogen (secondary N) is 2. The molecule has 1 amide bonds. The summed E-state index contributed by atoms with van der Waals surface area (Å²) in [6, 6.07) is 11.8. The molecule has 3 atom stereocenters. The summed E-state index contributed by atoms with van der Waals surface area (Å²) < 4.78 is 6.26. The zero-order valence-electron chi connectivity index (χ0n) is 15.9. The smallest absolute Gasteiger partial charge is 0.234 e. The van der Waals surface area contributed by atoms with Crippen LogP contribution in [-0.4, -0.2) is 73.0 Å².